The van der Waals surface area contributed by atoms with Crippen molar-refractivity contribution in [1.29, 1.82) is 0 Å². The molecule has 20 heavy (non-hydrogen) atoms. The van der Waals surface area contributed by atoms with Gasteiger partial charge in [-0.15, -0.1) is 11.3 Å². The van der Waals surface area contributed by atoms with E-state index in [2.05, 4.69) is 48.3 Å². The number of hydrogen-bond acceptors (Lipinski definition) is 4. The summed E-state index contributed by atoms with van der Waals surface area (Å²) < 4.78 is 0. The van der Waals surface area contributed by atoms with Gasteiger partial charge < -0.3 is 10.6 Å². The Hall–Kier alpha value is -0.420. The molecule has 1 aromatic rings. The summed E-state index contributed by atoms with van der Waals surface area (Å²) in [5, 5.41) is 2.17. The molecule has 0 bridgehead atoms. The summed E-state index contributed by atoms with van der Waals surface area (Å²) in [4.78, 5) is 6.37. The zero-order valence-corrected chi connectivity index (χ0v) is 13.9. The highest BCUT2D eigenvalue weighted by molar-refractivity contribution is 7.10. The fraction of sp³-hybridized carbons (Fsp3) is 0.750. The van der Waals surface area contributed by atoms with E-state index in [4.69, 9.17) is 5.73 Å². The molecule has 0 aromatic carbocycles. The molecular weight excluding hydrogens is 266 g/mol. The number of nitrogens with two attached hydrogens (primary N) is 1. The smallest absolute Gasteiger partial charge is 0.0593 e. The average molecular weight is 295 g/mol. The van der Waals surface area contributed by atoms with E-state index < -0.39 is 0 Å². The van der Waals surface area contributed by atoms with Gasteiger partial charge in [-0.2, -0.15) is 0 Å². The molecular formula is C16H29N3S. The summed E-state index contributed by atoms with van der Waals surface area (Å²) >= 11 is 1.85. The second kappa shape index (κ2) is 7.55. The number of thiophene rings is 1. The fourth-order valence-electron chi connectivity index (χ4n) is 3.27. The van der Waals surface area contributed by atoms with E-state index in [9.17, 15) is 0 Å². The molecule has 2 rings (SSSR count). The Labute approximate surface area is 127 Å². The predicted molar refractivity (Wildman–Crippen MR) is 88.2 cm³/mol. The van der Waals surface area contributed by atoms with Gasteiger partial charge in [0, 0.05) is 17.5 Å². The number of hydrogen-bond donors (Lipinski definition) is 1. The lowest BCUT2D eigenvalue weighted by Crippen LogP contribution is -2.45. The molecule has 0 aliphatic carbocycles. The zero-order valence-electron chi connectivity index (χ0n) is 13.1. The second-order valence-corrected chi connectivity index (χ2v) is 7.25. The number of nitrogens with zero attached hydrogens (tertiary/aromatic N) is 2. The van der Waals surface area contributed by atoms with Crippen LogP contribution in [-0.2, 0) is 0 Å². The minimum Gasteiger partial charge on any atom is -0.326 e. The molecule has 2 heterocycles. The van der Waals surface area contributed by atoms with Gasteiger partial charge in [-0.05, 0) is 63.8 Å². The summed E-state index contributed by atoms with van der Waals surface area (Å²) in [5.74, 6) is 0.850. The third-order valence-corrected chi connectivity index (χ3v) is 5.32. The molecule has 114 valence electrons. The van der Waals surface area contributed by atoms with Gasteiger partial charge in [0.05, 0.1) is 6.04 Å². The Bertz CT molecular complexity index is 369. The second-order valence-electron chi connectivity index (χ2n) is 6.27. The molecule has 2 unspecified atom stereocenters. The van der Waals surface area contributed by atoms with Crippen LogP contribution in [0.5, 0.6) is 0 Å². The van der Waals surface area contributed by atoms with Crippen LogP contribution in [0, 0.1) is 5.92 Å². The Balaban J connectivity index is 1.98. The molecule has 2 N–H and O–H groups in total. The third-order valence-electron chi connectivity index (χ3n) is 4.38. The number of piperidine rings is 1. The van der Waals surface area contributed by atoms with Gasteiger partial charge in [-0.25, -0.2) is 0 Å². The summed E-state index contributed by atoms with van der Waals surface area (Å²) in [6.07, 6.45) is 3.65. The van der Waals surface area contributed by atoms with Crippen LogP contribution < -0.4 is 5.73 Å². The first-order valence-electron chi connectivity index (χ1n) is 7.79. The van der Waals surface area contributed by atoms with Crippen LogP contribution in [0.3, 0.4) is 0 Å². The van der Waals surface area contributed by atoms with E-state index in [1.165, 1.54) is 37.4 Å². The van der Waals surface area contributed by atoms with Crippen LogP contribution in [0.1, 0.15) is 37.1 Å². The minimum atomic E-state index is 0.249. The van der Waals surface area contributed by atoms with Crippen molar-refractivity contribution in [3.63, 3.8) is 0 Å². The van der Waals surface area contributed by atoms with Crippen molar-refractivity contribution in [2.24, 2.45) is 11.7 Å². The first-order chi connectivity index (χ1) is 9.61. The molecule has 0 amide bonds. The van der Waals surface area contributed by atoms with Crippen molar-refractivity contribution in [2.75, 3.05) is 33.7 Å². The average Bonchev–Trinajstić information content (AvgIpc) is 2.94. The third kappa shape index (κ3) is 4.04. The van der Waals surface area contributed by atoms with E-state index in [0.717, 1.165) is 12.3 Å². The summed E-state index contributed by atoms with van der Waals surface area (Å²) in [7, 11) is 4.35. The molecule has 1 saturated heterocycles. The molecule has 2 atom stereocenters. The van der Waals surface area contributed by atoms with E-state index in [1.807, 2.05) is 11.3 Å². The first-order valence-corrected chi connectivity index (χ1v) is 8.67. The summed E-state index contributed by atoms with van der Waals surface area (Å²) in [5.41, 5.74) is 6.41. The van der Waals surface area contributed by atoms with Crippen LogP contribution in [0.25, 0.3) is 0 Å². The van der Waals surface area contributed by atoms with Gasteiger partial charge >= 0.3 is 0 Å². The molecule has 0 spiro atoms. The van der Waals surface area contributed by atoms with Crippen LogP contribution >= 0.6 is 11.3 Å². The molecule has 1 fully saturated rings. The van der Waals surface area contributed by atoms with Gasteiger partial charge in [-0.3, -0.25) is 4.90 Å². The van der Waals surface area contributed by atoms with Crippen molar-refractivity contribution in [1.82, 2.24) is 9.80 Å². The van der Waals surface area contributed by atoms with Crippen molar-refractivity contribution in [3.05, 3.63) is 22.4 Å². The van der Waals surface area contributed by atoms with E-state index in [0.29, 0.717) is 6.04 Å². The molecule has 1 aliphatic rings. The highest BCUT2D eigenvalue weighted by Gasteiger charge is 2.30. The lowest BCUT2D eigenvalue weighted by Gasteiger charge is -2.40. The van der Waals surface area contributed by atoms with Crippen molar-refractivity contribution in [3.8, 4) is 0 Å². The van der Waals surface area contributed by atoms with Gasteiger partial charge in [0.15, 0.2) is 0 Å². The Morgan fingerprint density at radius 2 is 2.10 bits per heavy atom. The van der Waals surface area contributed by atoms with E-state index in [1.54, 1.807) is 0 Å². The summed E-state index contributed by atoms with van der Waals surface area (Å²) in [6.45, 7) is 5.80. The topological polar surface area (TPSA) is 32.5 Å². The predicted octanol–water partition coefficient (Wildman–Crippen LogP) is 2.80. The van der Waals surface area contributed by atoms with Crippen LogP contribution in [0.2, 0.25) is 0 Å². The van der Waals surface area contributed by atoms with Gasteiger partial charge in [0.25, 0.3) is 0 Å². The highest BCUT2D eigenvalue weighted by atomic mass is 32.1. The molecule has 1 aliphatic heterocycles. The summed E-state index contributed by atoms with van der Waals surface area (Å²) in [6, 6.07) is 5.06. The van der Waals surface area contributed by atoms with Gasteiger partial charge in [0.1, 0.15) is 0 Å². The molecule has 4 heteroatoms. The minimum absolute atomic E-state index is 0.249. The number of rotatable bonds is 6. The fourth-order valence-corrected chi connectivity index (χ4v) is 4.21. The first kappa shape index (κ1) is 16.0. The Morgan fingerprint density at radius 3 is 2.60 bits per heavy atom. The maximum Gasteiger partial charge on any atom is 0.0593 e. The van der Waals surface area contributed by atoms with Crippen molar-refractivity contribution < 1.29 is 0 Å². The standard InChI is InChI=1S/C16H29N3S/c1-4-14(17)16(15-6-5-11-20-15)19-9-7-13(8-10-19)12-18(2)3/h5-6,11,13-14,16H,4,7-10,12,17H2,1-3H3. The van der Waals surface area contributed by atoms with E-state index >= 15 is 0 Å². The lowest BCUT2D eigenvalue weighted by molar-refractivity contribution is 0.106. The SMILES string of the molecule is CCC(N)C(c1cccs1)N1CCC(CN(C)C)CC1. The molecule has 0 radical (unpaired) electrons. The maximum absolute atomic E-state index is 6.41. The van der Waals surface area contributed by atoms with Crippen LogP contribution in [0.15, 0.2) is 17.5 Å². The monoisotopic (exact) mass is 295 g/mol. The molecule has 3 nitrogen and oxygen atoms in total. The normalized spacial score (nSPS) is 21.2. The number of likely N-dealkylation sites (tertiary alicyclic amines) is 1. The van der Waals surface area contributed by atoms with Crippen LogP contribution in [0.4, 0.5) is 0 Å². The lowest BCUT2D eigenvalue weighted by atomic mass is 9.93. The highest BCUT2D eigenvalue weighted by Crippen LogP contribution is 2.32. The zero-order chi connectivity index (χ0) is 14.5. The maximum atomic E-state index is 6.41. The molecule has 0 saturated carbocycles. The Morgan fingerprint density at radius 1 is 1.40 bits per heavy atom. The van der Waals surface area contributed by atoms with Crippen LogP contribution in [-0.4, -0.2) is 49.6 Å². The van der Waals surface area contributed by atoms with Gasteiger partial charge in [-0.1, -0.05) is 13.0 Å². The largest absolute Gasteiger partial charge is 0.326 e. The van der Waals surface area contributed by atoms with Crippen molar-refractivity contribution >= 4 is 11.3 Å². The van der Waals surface area contributed by atoms with E-state index in [-0.39, 0.29) is 6.04 Å². The van der Waals surface area contributed by atoms with Gasteiger partial charge in [0.2, 0.25) is 0 Å². The Kier molecular flexibility index (Phi) is 6.02. The molecule has 1 aromatic heterocycles. The quantitative estimate of drug-likeness (QED) is 0.876. The van der Waals surface area contributed by atoms with Crippen molar-refractivity contribution in [2.45, 2.75) is 38.3 Å².